The predicted molar refractivity (Wildman–Crippen MR) is 184 cm³/mol. The molecule has 1 atom stereocenters. The molecule has 3 heterocycles. The lowest BCUT2D eigenvalue weighted by Gasteiger charge is -2.21. The van der Waals surface area contributed by atoms with Gasteiger partial charge in [0, 0.05) is 53.2 Å². The molecule has 0 saturated carbocycles. The van der Waals surface area contributed by atoms with Gasteiger partial charge in [-0.25, -0.2) is 15.0 Å². The third-order valence-electron chi connectivity index (χ3n) is 8.58. The Morgan fingerprint density at radius 2 is 1.20 bits per heavy atom. The fourth-order valence-corrected chi connectivity index (χ4v) is 7.65. The third kappa shape index (κ3) is 4.01. The lowest BCUT2D eigenvalue weighted by molar-refractivity contribution is 0.650. The molecule has 0 aliphatic heterocycles. The monoisotopic (exact) mass is 582 g/mol. The Labute approximate surface area is 258 Å². The summed E-state index contributed by atoms with van der Waals surface area (Å²) in [6, 6.07) is 42.6. The summed E-state index contributed by atoms with van der Waals surface area (Å²) >= 11 is 1.87. The van der Waals surface area contributed by atoms with Gasteiger partial charge >= 0.3 is 0 Å². The van der Waals surface area contributed by atoms with E-state index in [0.29, 0.717) is 17.5 Å². The Bertz CT molecular complexity index is 2360. The topological polar surface area (TPSA) is 43.6 Å². The maximum atomic E-state index is 4.96. The lowest BCUT2D eigenvalue weighted by Crippen LogP contribution is -2.09. The summed E-state index contributed by atoms with van der Waals surface area (Å²) in [4.78, 5) is 14.8. The molecule has 44 heavy (non-hydrogen) atoms. The van der Waals surface area contributed by atoms with Crippen molar-refractivity contribution < 1.29 is 0 Å². The van der Waals surface area contributed by atoms with Gasteiger partial charge in [0.25, 0.3) is 0 Å². The molecule has 5 aromatic carbocycles. The number of hydrogen-bond donors (Lipinski definition) is 0. The van der Waals surface area contributed by atoms with Crippen molar-refractivity contribution in [2.45, 2.75) is 12.5 Å². The normalized spacial score (nSPS) is 15.0. The predicted octanol–water partition coefficient (Wildman–Crippen LogP) is 10.3. The molecule has 0 spiro atoms. The van der Waals surface area contributed by atoms with Crippen molar-refractivity contribution >= 4 is 58.9 Å². The van der Waals surface area contributed by atoms with Gasteiger partial charge in [-0.05, 0) is 24.6 Å². The largest absolute Gasteiger partial charge is 0.333 e. The van der Waals surface area contributed by atoms with Gasteiger partial charge in [0.2, 0.25) is 0 Å². The Kier molecular flexibility index (Phi) is 5.78. The molecule has 3 aromatic heterocycles. The van der Waals surface area contributed by atoms with E-state index in [1.807, 2.05) is 72.0 Å². The second-order valence-corrected chi connectivity index (χ2v) is 12.3. The van der Waals surface area contributed by atoms with E-state index in [4.69, 9.17) is 15.0 Å². The van der Waals surface area contributed by atoms with Gasteiger partial charge < -0.3 is 4.57 Å². The number of thiophene rings is 1. The lowest BCUT2D eigenvalue weighted by atomic mass is 10.0. The third-order valence-corrected chi connectivity index (χ3v) is 9.71. The molecule has 0 N–H and O–H groups in total. The highest BCUT2D eigenvalue weighted by atomic mass is 32.1. The van der Waals surface area contributed by atoms with Crippen LogP contribution >= 0.6 is 11.3 Å². The van der Waals surface area contributed by atoms with Crippen LogP contribution in [0.3, 0.4) is 0 Å². The molecule has 4 nitrogen and oxygen atoms in total. The fourth-order valence-electron chi connectivity index (χ4n) is 6.55. The van der Waals surface area contributed by atoms with E-state index in [1.165, 1.54) is 42.0 Å². The number of hydrogen-bond acceptors (Lipinski definition) is 4. The van der Waals surface area contributed by atoms with Crippen LogP contribution in [0.15, 0.2) is 140 Å². The SMILES string of the molecule is C1=CC(n2c3ccccc3c3ccc4sc5ccccc5c4c32)CC=C1c1nc(-c2ccccc2)nc(-c2ccccc2)n1. The number of fused-ring (bicyclic) bond motifs is 7. The maximum absolute atomic E-state index is 4.96. The van der Waals surface area contributed by atoms with Crippen LogP contribution in [0.25, 0.3) is 70.3 Å². The van der Waals surface area contributed by atoms with Crippen molar-refractivity contribution in [3.63, 3.8) is 0 Å². The molecule has 0 amide bonds. The molecular weight excluding hydrogens is 557 g/mol. The Morgan fingerprint density at radius 3 is 1.91 bits per heavy atom. The van der Waals surface area contributed by atoms with Crippen LogP contribution < -0.4 is 0 Å². The zero-order chi connectivity index (χ0) is 29.0. The first-order valence-electron chi connectivity index (χ1n) is 14.9. The van der Waals surface area contributed by atoms with Crippen molar-refractivity contribution in [3.05, 3.63) is 145 Å². The first-order chi connectivity index (χ1) is 21.8. The zero-order valence-corrected chi connectivity index (χ0v) is 24.6. The highest BCUT2D eigenvalue weighted by Crippen LogP contribution is 2.44. The first-order valence-corrected chi connectivity index (χ1v) is 15.7. The van der Waals surface area contributed by atoms with Crippen LogP contribution in [0.4, 0.5) is 0 Å². The van der Waals surface area contributed by atoms with Crippen molar-refractivity contribution in [1.82, 2.24) is 19.5 Å². The molecule has 1 aliphatic carbocycles. The average Bonchev–Trinajstić information content (AvgIpc) is 3.65. The molecule has 0 saturated heterocycles. The Hall–Kier alpha value is -5.39. The van der Waals surface area contributed by atoms with E-state index < -0.39 is 0 Å². The zero-order valence-electron chi connectivity index (χ0n) is 23.8. The molecule has 0 radical (unpaired) electrons. The highest BCUT2D eigenvalue weighted by Gasteiger charge is 2.22. The summed E-state index contributed by atoms with van der Waals surface area (Å²) in [5.41, 5.74) is 5.54. The van der Waals surface area contributed by atoms with Crippen LogP contribution in [-0.2, 0) is 0 Å². The smallest absolute Gasteiger partial charge is 0.164 e. The van der Waals surface area contributed by atoms with E-state index in [9.17, 15) is 0 Å². The Balaban J connectivity index is 1.18. The summed E-state index contributed by atoms with van der Waals surface area (Å²) in [6.45, 7) is 0. The van der Waals surface area contributed by atoms with Crippen LogP contribution in [-0.4, -0.2) is 19.5 Å². The first kappa shape index (κ1) is 25.1. The average molecular weight is 583 g/mol. The Morgan fingerprint density at radius 1 is 0.568 bits per heavy atom. The van der Waals surface area contributed by atoms with Crippen LogP contribution in [0.1, 0.15) is 18.3 Å². The minimum Gasteiger partial charge on any atom is -0.333 e. The summed E-state index contributed by atoms with van der Waals surface area (Å²) < 4.78 is 5.20. The standard InChI is InChI=1S/C39H26N4S/c1-3-11-25(12-4-1)37-40-38(26-13-5-2-6-14-26)42-39(41-37)27-19-21-28(22-20-27)43-32-17-9-7-15-29(32)30-23-24-34-35(36(30)43)31-16-8-10-18-33(31)44-34/h1-21,23-24,28H,22H2. The van der Waals surface area contributed by atoms with Crippen LogP contribution in [0.2, 0.25) is 0 Å². The molecule has 0 fully saturated rings. The molecular formula is C39H26N4S. The van der Waals surface area contributed by atoms with Crippen LogP contribution in [0.5, 0.6) is 0 Å². The van der Waals surface area contributed by atoms with E-state index in [0.717, 1.165) is 23.1 Å². The molecule has 1 unspecified atom stereocenters. The van der Waals surface area contributed by atoms with Crippen molar-refractivity contribution in [3.8, 4) is 22.8 Å². The molecule has 5 heteroatoms. The summed E-state index contributed by atoms with van der Waals surface area (Å²) in [6.07, 6.45) is 7.64. The van der Waals surface area contributed by atoms with E-state index >= 15 is 0 Å². The van der Waals surface area contributed by atoms with E-state index in [-0.39, 0.29) is 6.04 Å². The number of nitrogens with zero attached hydrogens (tertiary/aromatic N) is 4. The number of aromatic nitrogens is 4. The molecule has 208 valence electrons. The number of rotatable bonds is 4. The van der Waals surface area contributed by atoms with Crippen LogP contribution in [0, 0.1) is 0 Å². The van der Waals surface area contributed by atoms with Gasteiger partial charge in [-0.3, -0.25) is 0 Å². The fraction of sp³-hybridized carbons (Fsp3) is 0.0513. The molecule has 0 bridgehead atoms. The number of allylic oxidation sites excluding steroid dienone is 4. The summed E-state index contributed by atoms with van der Waals surface area (Å²) in [7, 11) is 0. The summed E-state index contributed by atoms with van der Waals surface area (Å²) in [5, 5.41) is 5.27. The second kappa shape index (κ2) is 10.1. The van der Waals surface area contributed by atoms with Gasteiger partial charge in [0.15, 0.2) is 17.5 Å². The number of benzene rings is 5. The molecule has 9 rings (SSSR count). The van der Waals surface area contributed by atoms with Crippen molar-refractivity contribution in [2.75, 3.05) is 0 Å². The van der Waals surface area contributed by atoms with Crippen molar-refractivity contribution in [1.29, 1.82) is 0 Å². The highest BCUT2D eigenvalue weighted by molar-refractivity contribution is 7.26. The second-order valence-electron chi connectivity index (χ2n) is 11.2. The maximum Gasteiger partial charge on any atom is 0.164 e. The minimum absolute atomic E-state index is 0.162. The quantitative estimate of drug-likeness (QED) is 0.207. The van der Waals surface area contributed by atoms with E-state index in [1.54, 1.807) is 0 Å². The van der Waals surface area contributed by atoms with Gasteiger partial charge in [-0.2, -0.15) is 0 Å². The molecule has 1 aliphatic rings. The molecule has 8 aromatic rings. The van der Waals surface area contributed by atoms with Gasteiger partial charge in [-0.15, -0.1) is 11.3 Å². The minimum atomic E-state index is 0.162. The number of para-hydroxylation sites is 1. The van der Waals surface area contributed by atoms with Gasteiger partial charge in [0.05, 0.1) is 11.6 Å². The van der Waals surface area contributed by atoms with Gasteiger partial charge in [-0.1, -0.05) is 121 Å². The van der Waals surface area contributed by atoms with E-state index in [2.05, 4.69) is 83.5 Å². The van der Waals surface area contributed by atoms with Crippen molar-refractivity contribution in [2.24, 2.45) is 0 Å². The van der Waals surface area contributed by atoms with Gasteiger partial charge in [0.1, 0.15) is 0 Å². The summed E-state index contributed by atoms with van der Waals surface area (Å²) in [5.74, 6) is 2.06.